The molecule has 1 aliphatic carbocycles. The maximum atomic E-state index is 12.7. The van der Waals surface area contributed by atoms with Gasteiger partial charge in [-0.2, -0.15) is 0 Å². The number of amides is 2. The highest BCUT2D eigenvalue weighted by atomic mass is 16.5. The zero-order valence-corrected chi connectivity index (χ0v) is 19.0. The van der Waals surface area contributed by atoms with Crippen molar-refractivity contribution in [3.8, 4) is 11.1 Å². The molecule has 2 amide bonds. The van der Waals surface area contributed by atoms with E-state index in [0.29, 0.717) is 0 Å². The quantitative estimate of drug-likeness (QED) is 0.465. The fourth-order valence-electron chi connectivity index (χ4n) is 4.27. The first-order chi connectivity index (χ1) is 16.4. The molecule has 7 heteroatoms. The highest BCUT2D eigenvalue weighted by molar-refractivity contribution is 6.04. The normalized spacial score (nSPS) is 12.9. The molecule has 3 aromatic rings. The molecule has 0 saturated heterocycles. The molecule has 0 fully saturated rings. The molecule has 1 atom stereocenters. The number of aryl methyl sites for hydroxylation is 1. The van der Waals surface area contributed by atoms with E-state index >= 15 is 0 Å². The molecule has 174 valence electrons. The van der Waals surface area contributed by atoms with Crippen molar-refractivity contribution in [2.45, 2.75) is 32.2 Å². The van der Waals surface area contributed by atoms with E-state index in [0.717, 1.165) is 27.8 Å². The number of carbonyl (C=O) groups excluding carboxylic acids is 2. The summed E-state index contributed by atoms with van der Waals surface area (Å²) in [6.07, 6.45) is -0.452. The summed E-state index contributed by atoms with van der Waals surface area (Å²) in [6.45, 7) is 3.62. The van der Waals surface area contributed by atoms with E-state index in [1.165, 1.54) is 0 Å². The summed E-state index contributed by atoms with van der Waals surface area (Å²) >= 11 is 0. The SMILES string of the molecule is CCC(NC(=O)c1cc(C)ccc1NC(=O)OCC1c2ccccc2-c2ccccc21)C(=O)O. The van der Waals surface area contributed by atoms with Gasteiger partial charge in [0.05, 0.1) is 11.3 Å². The number of rotatable bonds is 7. The number of carboxylic acid groups (broad SMARTS) is 1. The maximum absolute atomic E-state index is 12.7. The van der Waals surface area contributed by atoms with E-state index in [4.69, 9.17) is 4.74 Å². The second kappa shape index (κ2) is 9.79. The first-order valence-corrected chi connectivity index (χ1v) is 11.1. The van der Waals surface area contributed by atoms with Crippen LogP contribution in [0.25, 0.3) is 11.1 Å². The van der Waals surface area contributed by atoms with E-state index in [9.17, 15) is 19.5 Å². The average Bonchev–Trinajstić information content (AvgIpc) is 3.15. The third-order valence-corrected chi connectivity index (χ3v) is 6.01. The van der Waals surface area contributed by atoms with Crippen LogP contribution in [0.3, 0.4) is 0 Å². The first-order valence-electron chi connectivity index (χ1n) is 11.1. The van der Waals surface area contributed by atoms with Gasteiger partial charge in [-0.25, -0.2) is 9.59 Å². The van der Waals surface area contributed by atoms with Crippen LogP contribution in [0.5, 0.6) is 0 Å². The number of fused-ring (bicyclic) bond motifs is 3. The van der Waals surface area contributed by atoms with E-state index in [2.05, 4.69) is 22.8 Å². The van der Waals surface area contributed by atoms with Gasteiger partial charge in [0, 0.05) is 5.92 Å². The molecule has 0 aliphatic heterocycles. The molecule has 0 bridgehead atoms. The summed E-state index contributed by atoms with van der Waals surface area (Å²) in [7, 11) is 0. The minimum Gasteiger partial charge on any atom is -0.480 e. The monoisotopic (exact) mass is 458 g/mol. The van der Waals surface area contributed by atoms with E-state index in [-0.39, 0.29) is 30.2 Å². The van der Waals surface area contributed by atoms with Gasteiger partial charge in [-0.05, 0) is 47.7 Å². The average molecular weight is 459 g/mol. The number of nitrogens with one attached hydrogen (secondary N) is 2. The molecular formula is C27H26N2O5. The van der Waals surface area contributed by atoms with Crippen molar-refractivity contribution < 1.29 is 24.2 Å². The lowest BCUT2D eigenvalue weighted by atomic mass is 9.98. The molecule has 4 rings (SSSR count). The Labute approximate surface area is 197 Å². The standard InChI is InChI=1S/C27H26N2O5/c1-3-23(26(31)32)28-25(30)21-14-16(2)12-13-24(21)29-27(33)34-15-22-19-10-6-4-8-17(19)18-9-5-7-11-20(18)22/h4-14,22-23H,3,15H2,1-2H3,(H,28,30)(H,29,33)(H,31,32). The predicted octanol–water partition coefficient (Wildman–Crippen LogP) is 4.95. The summed E-state index contributed by atoms with van der Waals surface area (Å²) in [6, 6.07) is 20.1. The van der Waals surface area contributed by atoms with Gasteiger partial charge >= 0.3 is 12.1 Å². The highest BCUT2D eigenvalue weighted by Crippen LogP contribution is 2.44. The van der Waals surface area contributed by atoms with Gasteiger partial charge in [-0.15, -0.1) is 0 Å². The van der Waals surface area contributed by atoms with Gasteiger partial charge in [-0.1, -0.05) is 67.1 Å². The van der Waals surface area contributed by atoms with Crippen LogP contribution >= 0.6 is 0 Å². The Balaban J connectivity index is 1.48. The van der Waals surface area contributed by atoms with Gasteiger partial charge in [-0.3, -0.25) is 10.1 Å². The first kappa shape index (κ1) is 23.0. The molecule has 0 radical (unpaired) electrons. The van der Waals surface area contributed by atoms with E-state index in [1.807, 2.05) is 43.3 Å². The number of hydrogen-bond acceptors (Lipinski definition) is 4. The van der Waals surface area contributed by atoms with Crippen LogP contribution in [0.15, 0.2) is 66.7 Å². The summed E-state index contributed by atoms with van der Waals surface area (Å²) in [5.41, 5.74) is 5.69. The van der Waals surface area contributed by atoms with Crippen LogP contribution in [-0.4, -0.2) is 35.7 Å². The van der Waals surface area contributed by atoms with Gasteiger partial charge in [0.1, 0.15) is 12.6 Å². The number of anilines is 1. The number of hydrogen-bond donors (Lipinski definition) is 3. The van der Waals surface area contributed by atoms with Crippen LogP contribution in [0.1, 0.15) is 46.3 Å². The van der Waals surface area contributed by atoms with Crippen LogP contribution in [-0.2, 0) is 9.53 Å². The molecule has 0 aromatic heterocycles. The van der Waals surface area contributed by atoms with Gasteiger partial charge in [0.15, 0.2) is 0 Å². The number of aliphatic carboxylic acids is 1. The van der Waals surface area contributed by atoms with Crippen LogP contribution in [0.4, 0.5) is 10.5 Å². The Bertz CT molecular complexity index is 1210. The minimum atomic E-state index is -1.12. The summed E-state index contributed by atoms with van der Waals surface area (Å²) in [5.74, 6) is -1.78. The Hall–Kier alpha value is -4.13. The van der Waals surface area contributed by atoms with Crippen molar-refractivity contribution in [3.63, 3.8) is 0 Å². The van der Waals surface area contributed by atoms with E-state index in [1.54, 1.807) is 25.1 Å². The number of carbonyl (C=O) groups is 3. The molecule has 1 unspecified atom stereocenters. The molecule has 34 heavy (non-hydrogen) atoms. The lowest BCUT2D eigenvalue weighted by Gasteiger charge is -2.17. The van der Waals surface area contributed by atoms with Crippen LogP contribution < -0.4 is 10.6 Å². The molecular weight excluding hydrogens is 432 g/mol. The summed E-state index contributed by atoms with van der Waals surface area (Å²) in [5, 5.41) is 14.4. The number of carboxylic acids is 1. The molecule has 3 aromatic carbocycles. The highest BCUT2D eigenvalue weighted by Gasteiger charge is 2.29. The molecule has 0 heterocycles. The smallest absolute Gasteiger partial charge is 0.411 e. The van der Waals surface area contributed by atoms with Crippen molar-refractivity contribution in [2.24, 2.45) is 0 Å². The van der Waals surface area contributed by atoms with Gasteiger partial charge in [0.25, 0.3) is 5.91 Å². The zero-order valence-electron chi connectivity index (χ0n) is 19.0. The number of ether oxygens (including phenoxy) is 1. The van der Waals surface area contributed by atoms with Gasteiger partial charge in [0.2, 0.25) is 0 Å². The topological polar surface area (TPSA) is 105 Å². The fourth-order valence-corrected chi connectivity index (χ4v) is 4.27. The predicted molar refractivity (Wildman–Crippen MR) is 129 cm³/mol. The Morgan fingerprint density at radius 3 is 2.18 bits per heavy atom. The summed E-state index contributed by atoms with van der Waals surface area (Å²) < 4.78 is 5.57. The second-order valence-corrected chi connectivity index (χ2v) is 8.27. The Morgan fingerprint density at radius 1 is 0.971 bits per heavy atom. The summed E-state index contributed by atoms with van der Waals surface area (Å²) in [4.78, 5) is 36.7. The Morgan fingerprint density at radius 2 is 1.59 bits per heavy atom. The lowest BCUT2D eigenvalue weighted by molar-refractivity contribution is -0.139. The van der Waals surface area contributed by atoms with Crippen molar-refractivity contribution in [2.75, 3.05) is 11.9 Å². The zero-order chi connectivity index (χ0) is 24.2. The Kier molecular flexibility index (Phi) is 6.63. The molecule has 3 N–H and O–H groups in total. The minimum absolute atomic E-state index is 0.0835. The van der Waals surface area contributed by atoms with Crippen molar-refractivity contribution in [1.29, 1.82) is 0 Å². The number of benzene rings is 3. The fraction of sp³-hybridized carbons (Fsp3) is 0.222. The van der Waals surface area contributed by atoms with Crippen molar-refractivity contribution in [3.05, 3.63) is 89.0 Å². The third-order valence-electron chi connectivity index (χ3n) is 6.01. The second-order valence-electron chi connectivity index (χ2n) is 8.27. The maximum Gasteiger partial charge on any atom is 0.411 e. The van der Waals surface area contributed by atoms with Gasteiger partial charge < -0.3 is 15.2 Å². The van der Waals surface area contributed by atoms with Crippen LogP contribution in [0.2, 0.25) is 0 Å². The molecule has 0 spiro atoms. The van der Waals surface area contributed by atoms with E-state index < -0.39 is 24.0 Å². The van der Waals surface area contributed by atoms with Crippen molar-refractivity contribution in [1.82, 2.24) is 5.32 Å². The molecule has 7 nitrogen and oxygen atoms in total. The largest absolute Gasteiger partial charge is 0.480 e. The lowest BCUT2D eigenvalue weighted by Crippen LogP contribution is -2.40. The molecule has 1 aliphatic rings. The van der Waals surface area contributed by atoms with Crippen LogP contribution in [0, 0.1) is 6.92 Å². The third kappa shape index (κ3) is 4.64. The van der Waals surface area contributed by atoms with Crippen molar-refractivity contribution >= 4 is 23.7 Å². The molecule has 0 saturated carbocycles.